The highest BCUT2D eigenvalue weighted by molar-refractivity contribution is 5.69. The van der Waals surface area contributed by atoms with Crippen LogP contribution in [0.2, 0.25) is 0 Å². The predicted molar refractivity (Wildman–Crippen MR) is 235 cm³/mol. The van der Waals surface area contributed by atoms with Crippen molar-refractivity contribution in [2.75, 3.05) is 33.4 Å². The number of hydrogen-bond donors (Lipinski definition) is 0. The summed E-state index contributed by atoms with van der Waals surface area (Å²) in [6.45, 7) is 14.9. The molecular formula is C49H97NO4. The smallest absolute Gasteiger partial charge is 0.305 e. The number of esters is 2. The highest BCUT2D eigenvalue weighted by atomic mass is 16.5. The van der Waals surface area contributed by atoms with Crippen LogP contribution in [0.5, 0.6) is 0 Å². The molecule has 0 spiro atoms. The molecule has 322 valence electrons. The third-order valence-electron chi connectivity index (χ3n) is 12.0. The largest absolute Gasteiger partial charge is 0.466 e. The fraction of sp³-hybridized carbons (Fsp3) is 0.959. The Morgan fingerprint density at radius 2 is 0.685 bits per heavy atom. The summed E-state index contributed by atoms with van der Waals surface area (Å²) in [6.07, 6.45) is 41.4. The van der Waals surface area contributed by atoms with Gasteiger partial charge in [-0.15, -0.1) is 0 Å². The second-order valence-corrected chi connectivity index (χ2v) is 17.3. The lowest BCUT2D eigenvalue weighted by atomic mass is 9.92. The van der Waals surface area contributed by atoms with Crippen molar-refractivity contribution in [2.24, 2.45) is 17.8 Å². The molecule has 0 aromatic heterocycles. The van der Waals surface area contributed by atoms with Gasteiger partial charge in [-0.2, -0.15) is 0 Å². The Balaban J connectivity index is 4.01. The van der Waals surface area contributed by atoms with Crippen LogP contribution in [-0.4, -0.2) is 50.2 Å². The van der Waals surface area contributed by atoms with Gasteiger partial charge < -0.3 is 14.4 Å². The molecule has 0 aromatic carbocycles. The molecule has 0 N–H and O–H groups in total. The number of ether oxygens (including phenoxy) is 2. The summed E-state index contributed by atoms with van der Waals surface area (Å²) in [5, 5.41) is 0. The van der Waals surface area contributed by atoms with Crippen LogP contribution >= 0.6 is 0 Å². The van der Waals surface area contributed by atoms with E-state index in [4.69, 9.17) is 9.47 Å². The van der Waals surface area contributed by atoms with Crippen molar-refractivity contribution in [2.45, 2.75) is 253 Å². The van der Waals surface area contributed by atoms with Gasteiger partial charge in [0.05, 0.1) is 13.2 Å². The summed E-state index contributed by atoms with van der Waals surface area (Å²) in [5.41, 5.74) is 0. The Bertz CT molecular complexity index is 710. The van der Waals surface area contributed by atoms with Crippen LogP contribution in [0.1, 0.15) is 253 Å². The summed E-state index contributed by atoms with van der Waals surface area (Å²) in [6, 6.07) is 0. The minimum absolute atomic E-state index is 0.0172. The molecule has 5 heteroatoms. The van der Waals surface area contributed by atoms with E-state index in [0.29, 0.717) is 26.1 Å². The van der Waals surface area contributed by atoms with Crippen molar-refractivity contribution in [3.05, 3.63) is 0 Å². The molecule has 0 atom stereocenters. The average molecular weight is 764 g/mol. The minimum atomic E-state index is 0.0172. The summed E-state index contributed by atoms with van der Waals surface area (Å²) in [5.74, 6) is 2.29. The van der Waals surface area contributed by atoms with Crippen LogP contribution in [0.4, 0.5) is 0 Å². The fourth-order valence-corrected chi connectivity index (χ4v) is 8.14. The molecule has 0 saturated heterocycles. The number of carbonyl (C=O) groups excluding carboxylic acids is 2. The topological polar surface area (TPSA) is 55.8 Å². The van der Waals surface area contributed by atoms with Crippen molar-refractivity contribution in [1.82, 2.24) is 4.90 Å². The molecule has 0 fully saturated rings. The first-order chi connectivity index (χ1) is 26.4. The van der Waals surface area contributed by atoms with Crippen molar-refractivity contribution in [3.63, 3.8) is 0 Å². The Kier molecular flexibility index (Phi) is 40.7. The monoisotopic (exact) mass is 764 g/mol. The molecule has 0 heterocycles. The van der Waals surface area contributed by atoms with Gasteiger partial charge in [0.15, 0.2) is 0 Å². The van der Waals surface area contributed by atoms with Gasteiger partial charge in [0.1, 0.15) is 0 Å². The minimum Gasteiger partial charge on any atom is -0.466 e. The highest BCUT2D eigenvalue weighted by Gasteiger charge is 2.13. The third-order valence-corrected chi connectivity index (χ3v) is 12.0. The number of hydrogen-bond acceptors (Lipinski definition) is 5. The standard InChI is InChI=1S/C49H97NO4/c1-7-12-24-32-45(33-25-13-8-2)40-42-53-48(51)38-30-22-18-16-20-28-36-47(44-50(6)11-5)37-29-21-17-19-23-31-39-49(52)54-43-41-46(34-26-14-9-3)35-27-15-10-4/h45-47H,7-44H2,1-6H3. The second-order valence-electron chi connectivity index (χ2n) is 17.3. The summed E-state index contributed by atoms with van der Waals surface area (Å²) >= 11 is 0. The second kappa shape index (κ2) is 41.5. The molecule has 0 amide bonds. The van der Waals surface area contributed by atoms with Crippen LogP contribution in [0.3, 0.4) is 0 Å². The summed E-state index contributed by atoms with van der Waals surface area (Å²) in [4.78, 5) is 27.1. The van der Waals surface area contributed by atoms with Crippen LogP contribution in [-0.2, 0) is 19.1 Å². The predicted octanol–water partition coefficient (Wildman–Crippen LogP) is 15.2. The summed E-state index contributed by atoms with van der Waals surface area (Å²) < 4.78 is 11.3. The van der Waals surface area contributed by atoms with Gasteiger partial charge in [0.2, 0.25) is 0 Å². The number of nitrogens with zero attached hydrogens (tertiary/aromatic N) is 1. The van der Waals surface area contributed by atoms with Gasteiger partial charge in [0.25, 0.3) is 0 Å². The first-order valence-corrected chi connectivity index (χ1v) is 24.4. The Morgan fingerprint density at radius 3 is 1.02 bits per heavy atom. The van der Waals surface area contributed by atoms with Crippen LogP contribution in [0.25, 0.3) is 0 Å². The van der Waals surface area contributed by atoms with Crippen molar-refractivity contribution in [1.29, 1.82) is 0 Å². The molecule has 0 bridgehead atoms. The molecule has 0 aliphatic carbocycles. The molecule has 54 heavy (non-hydrogen) atoms. The van der Waals surface area contributed by atoms with E-state index in [1.165, 1.54) is 173 Å². The van der Waals surface area contributed by atoms with Gasteiger partial charge in [0, 0.05) is 19.4 Å². The number of unbranched alkanes of at least 4 members (excludes halogenated alkanes) is 18. The molecular weight excluding hydrogens is 667 g/mol. The maximum atomic E-state index is 12.3. The normalized spacial score (nSPS) is 11.8. The Hall–Kier alpha value is -1.10. The maximum Gasteiger partial charge on any atom is 0.305 e. The fourth-order valence-electron chi connectivity index (χ4n) is 8.14. The zero-order chi connectivity index (χ0) is 39.7. The Labute approximate surface area is 339 Å². The number of carbonyl (C=O) groups is 2. The molecule has 0 saturated carbocycles. The lowest BCUT2D eigenvalue weighted by Crippen LogP contribution is -2.25. The molecule has 0 aliphatic heterocycles. The lowest BCUT2D eigenvalue weighted by Gasteiger charge is -2.23. The van der Waals surface area contributed by atoms with E-state index in [0.717, 1.165) is 62.8 Å². The van der Waals surface area contributed by atoms with E-state index >= 15 is 0 Å². The van der Waals surface area contributed by atoms with E-state index in [9.17, 15) is 9.59 Å². The zero-order valence-corrected chi connectivity index (χ0v) is 37.7. The Morgan fingerprint density at radius 1 is 0.389 bits per heavy atom. The maximum absolute atomic E-state index is 12.3. The molecule has 5 nitrogen and oxygen atoms in total. The quantitative estimate of drug-likeness (QED) is 0.0457. The van der Waals surface area contributed by atoms with E-state index < -0.39 is 0 Å². The number of rotatable bonds is 43. The van der Waals surface area contributed by atoms with Gasteiger partial charge in [-0.1, -0.05) is 202 Å². The summed E-state index contributed by atoms with van der Waals surface area (Å²) in [7, 11) is 2.27. The van der Waals surface area contributed by atoms with E-state index in [2.05, 4.69) is 46.6 Å². The van der Waals surface area contributed by atoms with Crippen molar-refractivity contribution in [3.8, 4) is 0 Å². The first-order valence-electron chi connectivity index (χ1n) is 24.4. The SMILES string of the molecule is CCCCCC(CCCCC)CCOC(=O)CCCCCCCCC(CCCCCCCCC(=O)OCCC(CCCCC)CCCCC)CN(C)CC. The molecule has 0 aliphatic rings. The molecule has 0 unspecified atom stereocenters. The van der Waals surface area contributed by atoms with Crippen molar-refractivity contribution >= 4 is 11.9 Å². The van der Waals surface area contributed by atoms with Crippen LogP contribution in [0.15, 0.2) is 0 Å². The van der Waals surface area contributed by atoms with Gasteiger partial charge >= 0.3 is 11.9 Å². The third kappa shape index (κ3) is 36.5. The molecule has 0 radical (unpaired) electrons. The first kappa shape index (κ1) is 52.9. The average Bonchev–Trinajstić information content (AvgIpc) is 3.16. The molecule has 0 rings (SSSR count). The van der Waals surface area contributed by atoms with Gasteiger partial charge in [-0.05, 0) is 69.9 Å². The van der Waals surface area contributed by atoms with Crippen molar-refractivity contribution < 1.29 is 19.1 Å². The van der Waals surface area contributed by atoms with Crippen LogP contribution < -0.4 is 0 Å². The highest BCUT2D eigenvalue weighted by Crippen LogP contribution is 2.24. The zero-order valence-electron chi connectivity index (χ0n) is 37.7. The lowest BCUT2D eigenvalue weighted by molar-refractivity contribution is -0.145. The van der Waals surface area contributed by atoms with Crippen LogP contribution in [0, 0.1) is 17.8 Å². The molecule has 0 aromatic rings. The van der Waals surface area contributed by atoms with Gasteiger partial charge in [-0.25, -0.2) is 0 Å². The van der Waals surface area contributed by atoms with Gasteiger partial charge in [-0.3, -0.25) is 9.59 Å². The van der Waals surface area contributed by atoms with E-state index in [-0.39, 0.29) is 11.9 Å². The van der Waals surface area contributed by atoms with E-state index in [1.807, 2.05) is 0 Å². The van der Waals surface area contributed by atoms with E-state index in [1.54, 1.807) is 0 Å².